The van der Waals surface area contributed by atoms with Crippen molar-refractivity contribution in [1.82, 2.24) is 0 Å². The predicted octanol–water partition coefficient (Wildman–Crippen LogP) is 2.07. The molecule has 0 amide bonds. The molecule has 0 aliphatic heterocycles. The smallest absolute Gasteiger partial charge is 0.159 e. The summed E-state index contributed by atoms with van der Waals surface area (Å²) in [6.07, 6.45) is 0. The van der Waals surface area contributed by atoms with Crippen LogP contribution in [-0.2, 0) is 15.6 Å². The zero-order chi connectivity index (χ0) is 13.1. The minimum absolute atomic E-state index is 0.125. The molecule has 0 saturated carbocycles. The zero-order valence-corrected chi connectivity index (χ0v) is 12.9. The summed E-state index contributed by atoms with van der Waals surface area (Å²) in [5, 5.41) is 0. The molecule has 0 N–H and O–H groups in total. The molecule has 1 aromatic rings. The lowest BCUT2D eigenvalue weighted by atomic mass is 10.2. The van der Waals surface area contributed by atoms with E-state index < -0.39 is 9.84 Å². The maximum Gasteiger partial charge on any atom is 0.159 e. The number of quaternary nitrogens is 1. The molecule has 1 aromatic carbocycles. The molecule has 0 unspecified atom stereocenters. The van der Waals surface area contributed by atoms with E-state index in [0.29, 0.717) is 11.0 Å². The zero-order valence-electron chi connectivity index (χ0n) is 10.5. The van der Waals surface area contributed by atoms with E-state index in [1.54, 1.807) is 0 Å². The van der Waals surface area contributed by atoms with E-state index >= 15 is 0 Å². The van der Waals surface area contributed by atoms with Crippen LogP contribution in [0.15, 0.2) is 28.7 Å². The van der Waals surface area contributed by atoms with Crippen LogP contribution >= 0.6 is 15.9 Å². The first-order chi connectivity index (χ1) is 7.68. The maximum atomic E-state index is 11.9. The average Bonchev–Trinajstić information content (AvgIpc) is 2.18. The molecule has 0 aromatic heterocycles. The van der Waals surface area contributed by atoms with Gasteiger partial charge < -0.3 is 4.48 Å². The first-order valence-corrected chi connectivity index (χ1v) is 8.05. The van der Waals surface area contributed by atoms with Crippen molar-refractivity contribution >= 4 is 25.8 Å². The molecule has 0 heterocycles. The topological polar surface area (TPSA) is 34.1 Å². The molecule has 0 aliphatic rings. The van der Waals surface area contributed by atoms with Gasteiger partial charge in [0.2, 0.25) is 0 Å². The van der Waals surface area contributed by atoms with Crippen LogP contribution in [0.2, 0.25) is 0 Å². The van der Waals surface area contributed by atoms with E-state index in [1.807, 2.05) is 45.4 Å². The Morgan fingerprint density at radius 3 is 2.12 bits per heavy atom. The molecule has 5 heteroatoms. The Kier molecular flexibility index (Phi) is 4.75. The van der Waals surface area contributed by atoms with Gasteiger partial charge in [0.25, 0.3) is 0 Å². The highest BCUT2D eigenvalue weighted by atomic mass is 79.9. The van der Waals surface area contributed by atoms with Crippen molar-refractivity contribution in [3.05, 3.63) is 34.3 Å². The molecule has 0 aliphatic carbocycles. The van der Waals surface area contributed by atoms with Crippen molar-refractivity contribution < 1.29 is 12.9 Å². The number of rotatable bonds is 5. The average molecular weight is 321 g/mol. The first-order valence-electron chi connectivity index (χ1n) is 5.43. The van der Waals surface area contributed by atoms with Crippen LogP contribution in [0.25, 0.3) is 0 Å². The van der Waals surface area contributed by atoms with Crippen molar-refractivity contribution in [1.29, 1.82) is 0 Å². The summed E-state index contributed by atoms with van der Waals surface area (Å²) in [7, 11) is 2.97. The van der Waals surface area contributed by atoms with Gasteiger partial charge in [-0.1, -0.05) is 28.1 Å². The van der Waals surface area contributed by atoms with Gasteiger partial charge in [-0.3, -0.25) is 0 Å². The third-order valence-electron chi connectivity index (χ3n) is 2.37. The number of sulfone groups is 1. The van der Waals surface area contributed by atoms with Crippen molar-refractivity contribution in [3.8, 4) is 0 Å². The van der Waals surface area contributed by atoms with Gasteiger partial charge in [-0.05, 0) is 17.7 Å². The van der Waals surface area contributed by atoms with Crippen molar-refractivity contribution in [3.63, 3.8) is 0 Å². The standard InChI is InChI=1S/C12H19BrNO2S/c1-14(2,3)8-9-17(15,16)10-11-4-6-12(13)7-5-11/h4-7H,8-10H2,1-3H3/q+1. The fraction of sp³-hybridized carbons (Fsp3) is 0.500. The number of hydrogen-bond acceptors (Lipinski definition) is 2. The van der Waals surface area contributed by atoms with Crippen LogP contribution in [0.3, 0.4) is 0 Å². The molecule has 96 valence electrons. The summed E-state index contributed by atoms with van der Waals surface area (Å²) in [4.78, 5) is 0. The number of benzene rings is 1. The van der Waals surface area contributed by atoms with Gasteiger partial charge in [-0.2, -0.15) is 0 Å². The van der Waals surface area contributed by atoms with Gasteiger partial charge in [0, 0.05) is 4.47 Å². The third kappa shape index (κ3) is 6.19. The molecule has 0 saturated heterocycles. The molecular weight excluding hydrogens is 302 g/mol. The molecular formula is C12H19BrNO2S+. The van der Waals surface area contributed by atoms with Gasteiger partial charge in [-0.25, -0.2) is 8.42 Å². The van der Waals surface area contributed by atoms with Gasteiger partial charge in [-0.15, -0.1) is 0 Å². The van der Waals surface area contributed by atoms with Gasteiger partial charge >= 0.3 is 0 Å². The summed E-state index contributed by atoms with van der Waals surface area (Å²) in [5.74, 6) is 0.354. The number of nitrogens with zero attached hydrogens (tertiary/aromatic N) is 1. The van der Waals surface area contributed by atoms with E-state index in [2.05, 4.69) is 15.9 Å². The Hall–Kier alpha value is -0.390. The minimum Gasteiger partial charge on any atom is -0.330 e. The largest absolute Gasteiger partial charge is 0.330 e. The Bertz CT molecular complexity index is 460. The van der Waals surface area contributed by atoms with Crippen LogP contribution < -0.4 is 0 Å². The van der Waals surface area contributed by atoms with E-state index in [-0.39, 0.29) is 11.5 Å². The predicted molar refractivity (Wildman–Crippen MR) is 74.5 cm³/mol. The minimum atomic E-state index is -3.01. The van der Waals surface area contributed by atoms with Crippen molar-refractivity contribution in [2.24, 2.45) is 0 Å². The van der Waals surface area contributed by atoms with Crippen LogP contribution in [-0.4, -0.2) is 46.3 Å². The van der Waals surface area contributed by atoms with E-state index in [9.17, 15) is 8.42 Å². The van der Waals surface area contributed by atoms with E-state index in [1.165, 1.54) is 0 Å². The molecule has 1 rings (SSSR count). The summed E-state index contributed by atoms with van der Waals surface area (Å²) in [5.41, 5.74) is 0.842. The monoisotopic (exact) mass is 320 g/mol. The number of hydrogen-bond donors (Lipinski definition) is 0. The second-order valence-electron chi connectivity index (χ2n) is 5.23. The lowest BCUT2D eigenvalue weighted by Crippen LogP contribution is -2.38. The molecule has 0 radical (unpaired) electrons. The summed E-state index contributed by atoms with van der Waals surface area (Å²) >= 11 is 3.33. The van der Waals surface area contributed by atoms with Crippen molar-refractivity contribution in [2.75, 3.05) is 33.4 Å². The molecule has 0 spiro atoms. The van der Waals surface area contributed by atoms with Crippen LogP contribution in [0, 0.1) is 0 Å². The van der Waals surface area contributed by atoms with Crippen LogP contribution in [0.1, 0.15) is 5.56 Å². The highest BCUT2D eigenvalue weighted by Gasteiger charge is 2.17. The fourth-order valence-electron chi connectivity index (χ4n) is 1.32. The lowest BCUT2D eigenvalue weighted by molar-refractivity contribution is -0.867. The SMILES string of the molecule is C[N+](C)(C)CCS(=O)(=O)Cc1ccc(Br)cc1. The second kappa shape index (κ2) is 5.50. The van der Waals surface area contributed by atoms with E-state index in [0.717, 1.165) is 10.0 Å². The molecule has 0 atom stereocenters. The molecule has 3 nitrogen and oxygen atoms in total. The van der Waals surface area contributed by atoms with Crippen LogP contribution in [0.4, 0.5) is 0 Å². The Morgan fingerprint density at radius 1 is 1.12 bits per heavy atom. The summed E-state index contributed by atoms with van der Waals surface area (Å²) in [6.45, 7) is 0.638. The Balaban J connectivity index is 2.64. The number of halogens is 1. The Labute approximate surface area is 112 Å². The molecule has 0 bridgehead atoms. The first kappa shape index (κ1) is 14.7. The van der Waals surface area contributed by atoms with Gasteiger partial charge in [0.1, 0.15) is 0 Å². The van der Waals surface area contributed by atoms with Crippen LogP contribution in [0.5, 0.6) is 0 Å². The quantitative estimate of drug-likeness (QED) is 0.778. The summed E-state index contributed by atoms with van der Waals surface area (Å²) in [6, 6.07) is 7.41. The highest BCUT2D eigenvalue weighted by molar-refractivity contribution is 9.10. The normalized spacial score (nSPS) is 12.7. The molecule has 17 heavy (non-hydrogen) atoms. The Morgan fingerprint density at radius 2 is 1.65 bits per heavy atom. The van der Waals surface area contributed by atoms with Gasteiger partial charge in [0.05, 0.1) is 39.2 Å². The maximum absolute atomic E-state index is 11.9. The van der Waals surface area contributed by atoms with E-state index in [4.69, 9.17) is 0 Å². The summed E-state index contributed by atoms with van der Waals surface area (Å²) < 4.78 is 25.4. The third-order valence-corrected chi connectivity index (χ3v) is 4.48. The highest BCUT2D eigenvalue weighted by Crippen LogP contribution is 2.13. The van der Waals surface area contributed by atoms with Crippen molar-refractivity contribution in [2.45, 2.75) is 5.75 Å². The lowest BCUT2D eigenvalue weighted by Gasteiger charge is -2.23. The fourth-order valence-corrected chi connectivity index (χ4v) is 3.25. The second-order valence-corrected chi connectivity index (χ2v) is 8.33. The van der Waals surface area contributed by atoms with Gasteiger partial charge in [0.15, 0.2) is 9.84 Å². The molecule has 0 fully saturated rings.